The Morgan fingerprint density at radius 2 is 1.21 bits per heavy atom. The minimum atomic E-state index is -3.70. The molecule has 0 aliphatic carbocycles. The summed E-state index contributed by atoms with van der Waals surface area (Å²) in [5.74, 6) is -1.27. The van der Waals surface area contributed by atoms with Gasteiger partial charge in [0.2, 0.25) is 0 Å². The van der Waals surface area contributed by atoms with E-state index in [1.807, 2.05) is 0 Å². The highest BCUT2D eigenvalue weighted by molar-refractivity contribution is 7.91. The summed E-state index contributed by atoms with van der Waals surface area (Å²) < 4.78 is 46.4. The molecular weight excluding hydrogens is 422 g/mol. The lowest BCUT2D eigenvalue weighted by molar-refractivity contribution is 0.459. The van der Waals surface area contributed by atoms with Crippen LogP contribution in [0.5, 0.6) is 11.5 Å². The standard InChI is InChI=1S/C16H15N5O6S2/c1-28(24,25)12-7-3-5-10(15(12)22)18-20-14(9-17)21-19-11-6-4-8-13(16(11)23)29(2,26)27/h3-8,14,22-23H,1-2H3. The molecule has 2 aromatic carbocycles. The molecule has 0 aliphatic rings. The van der Waals surface area contributed by atoms with Gasteiger partial charge in [0.25, 0.3) is 6.17 Å². The zero-order valence-electron chi connectivity index (χ0n) is 15.1. The Hall–Kier alpha value is -3.37. The average Bonchev–Trinajstić information content (AvgIpc) is 2.62. The van der Waals surface area contributed by atoms with Crippen molar-refractivity contribution in [3.8, 4) is 17.6 Å². The maximum Gasteiger partial charge on any atom is 0.266 e. The molecule has 0 atom stereocenters. The first-order chi connectivity index (χ1) is 13.4. The highest BCUT2D eigenvalue weighted by atomic mass is 32.2. The molecule has 152 valence electrons. The Balaban J connectivity index is 2.33. The van der Waals surface area contributed by atoms with Gasteiger partial charge in [0.05, 0.1) is 0 Å². The number of hydrogen-bond donors (Lipinski definition) is 2. The van der Waals surface area contributed by atoms with Gasteiger partial charge in [-0.2, -0.15) is 5.26 Å². The van der Waals surface area contributed by atoms with E-state index in [2.05, 4.69) is 20.5 Å². The number of sulfone groups is 2. The van der Waals surface area contributed by atoms with Gasteiger partial charge in [-0.05, 0) is 24.3 Å². The predicted octanol–water partition coefficient (Wildman–Crippen LogP) is 2.62. The number of para-hydroxylation sites is 2. The highest BCUT2D eigenvalue weighted by Gasteiger charge is 2.17. The minimum Gasteiger partial charge on any atom is -0.504 e. The van der Waals surface area contributed by atoms with E-state index in [1.54, 1.807) is 6.07 Å². The normalized spacial score (nSPS) is 13.6. The van der Waals surface area contributed by atoms with Gasteiger partial charge in [0, 0.05) is 12.5 Å². The third kappa shape index (κ3) is 5.33. The Bertz CT molecular complexity index is 1160. The summed E-state index contributed by atoms with van der Waals surface area (Å²) in [4.78, 5) is -0.710. The molecule has 0 amide bonds. The second-order valence-corrected chi connectivity index (χ2v) is 9.69. The van der Waals surface area contributed by atoms with Crippen LogP contribution in [0.25, 0.3) is 0 Å². The van der Waals surface area contributed by atoms with Gasteiger partial charge in [-0.1, -0.05) is 12.1 Å². The SMILES string of the molecule is CS(=O)(=O)c1cccc(N=NC(C#N)N=Nc2cccc(S(C)(=O)=O)c2O)c1O. The Morgan fingerprint density at radius 1 is 0.828 bits per heavy atom. The highest BCUT2D eigenvalue weighted by Crippen LogP contribution is 2.35. The van der Waals surface area contributed by atoms with Crippen LogP contribution in [0.4, 0.5) is 11.4 Å². The first-order valence-electron chi connectivity index (χ1n) is 7.70. The summed E-state index contributed by atoms with van der Waals surface area (Å²) in [6, 6.07) is 9.24. The van der Waals surface area contributed by atoms with E-state index in [9.17, 15) is 27.0 Å². The lowest BCUT2D eigenvalue weighted by Gasteiger charge is -2.04. The molecule has 0 saturated heterocycles. The Kier molecular flexibility index (Phi) is 6.30. The van der Waals surface area contributed by atoms with Crippen molar-refractivity contribution in [3.05, 3.63) is 36.4 Å². The quantitative estimate of drug-likeness (QED) is 0.651. The average molecular weight is 437 g/mol. The van der Waals surface area contributed by atoms with E-state index in [0.29, 0.717) is 0 Å². The number of benzene rings is 2. The second-order valence-electron chi connectivity index (χ2n) is 5.73. The van der Waals surface area contributed by atoms with Crippen molar-refractivity contribution >= 4 is 31.0 Å². The molecular formula is C16H15N5O6S2. The van der Waals surface area contributed by atoms with Gasteiger partial charge in [-0.15, -0.1) is 20.5 Å². The zero-order chi connectivity index (χ0) is 21.8. The van der Waals surface area contributed by atoms with Gasteiger partial charge in [0.1, 0.15) is 27.2 Å². The first kappa shape index (κ1) is 21.9. The number of phenols is 2. The number of rotatable bonds is 6. The number of aromatic hydroxyl groups is 2. The van der Waals surface area contributed by atoms with E-state index in [-0.39, 0.29) is 21.2 Å². The number of azo groups is 2. The Morgan fingerprint density at radius 3 is 1.52 bits per heavy atom. The van der Waals surface area contributed by atoms with Crippen LogP contribution in [0.1, 0.15) is 0 Å². The van der Waals surface area contributed by atoms with Crippen molar-refractivity contribution in [1.29, 1.82) is 5.26 Å². The van der Waals surface area contributed by atoms with Gasteiger partial charge in [-0.3, -0.25) is 0 Å². The number of phenolic OH excluding ortho intramolecular Hbond substituents is 2. The van der Waals surface area contributed by atoms with Crippen LogP contribution < -0.4 is 0 Å². The van der Waals surface area contributed by atoms with E-state index < -0.39 is 37.3 Å². The van der Waals surface area contributed by atoms with Gasteiger partial charge < -0.3 is 10.2 Å². The molecule has 0 aliphatic heterocycles. The van der Waals surface area contributed by atoms with Crippen molar-refractivity contribution < 1.29 is 27.0 Å². The number of hydrogen-bond acceptors (Lipinski definition) is 11. The molecule has 0 fully saturated rings. The maximum atomic E-state index is 11.6. The van der Waals surface area contributed by atoms with Crippen LogP contribution in [0, 0.1) is 11.3 Å². The van der Waals surface area contributed by atoms with Crippen LogP contribution in [0.3, 0.4) is 0 Å². The fourth-order valence-electron chi connectivity index (χ4n) is 2.09. The summed E-state index contributed by atoms with van der Waals surface area (Å²) in [7, 11) is -7.41. The lowest BCUT2D eigenvalue weighted by Crippen LogP contribution is -1.97. The first-order valence-corrected chi connectivity index (χ1v) is 11.5. The molecule has 0 saturated carbocycles. The molecule has 0 heterocycles. The molecule has 13 heteroatoms. The summed E-state index contributed by atoms with van der Waals surface area (Å²) >= 11 is 0. The van der Waals surface area contributed by atoms with Crippen molar-refractivity contribution in [2.45, 2.75) is 16.0 Å². The zero-order valence-corrected chi connectivity index (χ0v) is 16.8. The molecule has 2 aromatic rings. The summed E-state index contributed by atoms with van der Waals surface area (Å²) in [6.07, 6.45) is 0.316. The lowest BCUT2D eigenvalue weighted by atomic mass is 10.3. The molecule has 0 radical (unpaired) electrons. The third-order valence-corrected chi connectivity index (χ3v) is 5.68. The summed E-state index contributed by atoms with van der Waals surface area (Å²) in [6.45, 7) is 0. The molecule has 2 N–H and O–H groups in total. The molecule has 0 spiro atoms. The molecule has 0 bridgehead atoms. The number of nitriles is 1. The van der Waals surface area contributed by atoms with E-state index in [4.69, 9.17) is 5.26 Å². The van der Waals surface area contributed by atoms with E-state index in [1.165, 1.54) is 36.4 Å². The van der Waals surface area contributed by atoms with Gasteiger partial charge in [-0.25, -0.2) is 16.8 Å². The van der Waals surface area contributed by atoms with Gasteiger partial charge in [0.15, 0.2) is 31.2 Å². The van der Waals surface area contributed by atoms with Crippen LogP contribution in [-0.2, 0) is 19.7 Å². The molecule has 0 unspecified atom stereocenters. The monoisotopic (exact) mass is 437 g/mol. The molecule has 29 heavy (non-hydrogen) atoms. The second kappa shape index (κ2) is 8.33. The van der Waals surface area contributed by atoms with Gasteiger partial charge >= 0.3 is 0 Å². The summed E-state index contributed by atoms with van der Waals surface area (Å²) in [5, 5.41) is 43.5. The fourth-order valence-corrected chi connectivity index (χ4v) is 3.65. The molecule has 11 nitrogen and oxygen atoms in total. The summed E-state index contributed by atoms with van der Waals surface area (Å²) in [5.41, 5.74) is -0.407. The van der Waals surface area contributed by atoms with E-state index in [0.717, 1.165) is 12.5 Å². The predicted molar refractivity (Wildman–Crippen MR) is 101 cm³/mol. The third-order valence-electron chi connectivity index (χ3n) is 3.42. The number of nitrogens with zero attached hydrogens (tertiary/aromatic N) is 5. The topological polar surface area (TPSA) is 182 Å². The fraction of sp³-hybridized carbons (Fsp3) is 0.188. The van der Waals surface area contributed by atoms with Crippen molar-refractivity contribution in [2.75, 3.05) is 12.5 Å². The van der Waals surface area contributed by atoms with Crippen LogP contribution in [-0.4, -0.2) is 45.7 Å². The van der Waals surface area contributed by atoms with Crippen molar-refractivity contribution in [2.24, 2.45) is 20.5 Å². The van der Waals surface area contributed by atoms with Crippen LogP contribution in [0.15, 0.2) is 66.6 Å². The minimum absolute atomic E-state index is 0.203. The van der Waals surface area contributed by atoms with Crippen molar-refractivity contribution in [1.82, 2.24) is 0 Å². The van der Waals surface area contributed by atoms with E-state index >= 15 is 0 Å². The largest absolute Gasteiger partial charge is 0.504 e. The van der Waals surface area contributed by atoms with Crippen LogP contribution in [0.2, 0.25) is 0 Å². The molecule has 2 rings (SSSR count). The van der Waals surface area contributed by atoms with Crippen LogP contribution >= 0.6 is 0 Å². The maximum absolute atomic E-state index is 11.6. The Labute approximate surface area is 166 Å². The smallest absolute Gasteiger partial charge is 0.266 e. The van der Waals surface area contributed by atoms with Crippen molar-refractivity contribution in [3.63, 3.8) is 0 Å². The molecule has 0 aromatic heterocycles.